The van der Waals surface area contributed by atoms with Crippen LogP contribution in [-0.4, -0.2) is 39.5 Å². The summed E-state index contributed by atoms with van der Waals surface area (Å²) in [6, 6.07) is 5.82. The van der Waals surface area contributed by atoms with Gasteiger partial charge >= 0.3 is 0 Å². The van der Waals surface area contributed by atoms with Gasteiger partial charge in [-0.05, 0) is 43.7 Å². The van der Waals surface area contributed by atoms with E-state index in [1.807, 2.05) is 13.1 Å². The molecule has 1 aromatic carbocycles. The Balaban J connectivity index is 1.96. The quantitative estimate of drug-likeness (QED) is 0.797. The van der Waals surface area contributed by atoms with Crippen molar-refractivity contribution in [1.82, 2.24) is 14.9 Å². The monoisotopic (exact) mass is 311 g/mol. The van der Waals surface area contributed by atoms with E-state index >= 15 is 0 Å². The molecule has 1 atom stereocenters. The molecular formula is C15H25N3O2S. The average molecular weight is 311 g/mol. The van der Waals surface area contributed by atoms with Gasteiger partial charge in [-0.3, -0.25) is 0 Å². The summed E-state index contributed by atoms with van der Waals surface area (Å²) in [5.41, 5.74) is 2.26. The summed E-state index contributed by atoms with van der Waals surface area (Å²) in [4.78, 5) is 2.52. The van der Waals surface area contributed by atoms with Gasteiger partial charge in [-0.25, -0.2) is 13.1 Å². The van der Waals surface area contributed by atoms with Gasteiger partial charge in [-0.2, -0.15) is 0 Å². The number of benzene rings is 1. The number of hydrogen-bond donors (Lipinski definition) is 2. The van der Waals surface area contributed by atoms with Gasteiger partial charge in [0.25, 0.3) is 0 Å². The average Bonchev–Trinajstić information content (AvgIpc) is 2.93. The van der Waals surface area contributed by atoms with E-state index in [1.165, 1.54) is 5.56 Å². The van der Waals surface area contributed by atoms with Gasteiger partial charge in [0.2, 0.25) is 10.0 Å². The first-order valence-corrected chi connectivity index (χ1v) is 8.94. The van der Waals surface area contributed by atoms with E-state index < -0.39 is 10.0 Å². The van der Waals surface area contributed by atoms with Crippen molar-refractivity contribution >= 4 is 10.0 Å². The summed E-state index contributed by atoms with van der Waals surface area (Å²) in [6.45, 7) is 6.98. The number of sulfonamides is 1. The molecule has 0 spiro atoms. The van der Waals surface area contributed by atoms with Crippen LogP contribution in [0, 0.1) is 0 Å². The lowest BCUT2D eigenvalue weighted by Gasteiger charge is -2.23. The largest absolute Gasteiger partial charge is 0.309 e. The summed E-state index contributed by atoms with van der Waals surface area (Å²) in [6.07, 6.45) is 1.06. The fourth-order valence-corrected chi connectivity index (χ4v) is 3.48. The zero-order chi connectivity index (χ0) is 15.5. The van der Waals surface area contributed by atoms with Gasteiger partial charge in [0.05, 0.1) is 4.90 Å². The van der Waals surface area contributed by atoms with Gasteiger partial charge in [-0.1, -0.05) is 13.0 Å². The predicted octanol–water partition coefficient (Wildman–Crippen LogP) is 1.30. The van der Waals surface area contributed by atoms with Crippen molar-refractivity contribution in [3.05, 3.63) is 29.3 Å². The molecule has 6 heteroatoms. The minimum absolute atomic E-state index is 0.358. The van der Waals surface area contributed by atoms with Crippen LogP contribution in [0.2, 0.25) is 0 Å². The van der Waals surface area contributed by atoms with Gasteiger partial charge in [0.15, 0.2) is 0 Å². The van der Waals surface area contributed by atoms with Crippen molar-refractivity contribution < 1.29 is 8.42 Å². The smallest absolute Gasteiger partial charge is 0.240 e. The molecule has 21 heavy (non-hydrogen) atoms. The van der Waals surface area contributed by atoms with Gasteiger partial charge in [0, 0.05) is 32.2 Å². The molecule has 5 nitrogen and oxygen atoms in total. The molecule has 0 saturated carbocycles. The van der Waals surface area contributed by atoms with Crippen molar-refractivity contribution in [3.63, 3.8) is 0 Å². The topological polar surface area (TPSA) is 61.4 Å². The first kappa shape index (κ1) is 16.4. The van der Waals surface area contributed by atoms with E-state index in [0.29, 0.717) is 24.0 Å². The summed E-state index contributed by atoms with van der Waals surface area (Å²) in [5, 5.41) is 3.22. The molecule has 0 amide bonds. The maximum atomic E-state index is 12.3. The van der Waals surface area contributed by atoms with Crippen molar-refractivity contribution in [3.8, 4) is 0 Å². The number of rotatable bonds is 7. The molecule has 0 radical (unpaired) electrons. The molecule has 1 aromatic rings. The summed E-state index contributed by atoms with van der Waals surface area (Å²) < 4.78 is 27.3. The highest BCUT2D eigenvalue weighted by molar-refractivity contribution is 7.89. The highest BCUT2D eigenvalue weighted by atomic mass is 32.2. The van der Waals surface area contributed by atoms with Crippen LogP contribution in [0.4, 0.5) is 0 Å². The standard InChI is InChI=1S/C15H25N3O2S/c1-4-12(2)18(3)8-7-17-21(19,20)15-6-5-13-10-16-11-14(13)9-15/h5-6,9,12,16-17H,4,7-8,10-11H2,1-3H3. The second-order valence-corrected chi connectivity index (χ2v) is 7.44. The molecule has 1 heterocycles. The summed E-state index contributed by atoms with van der Waals surface area (Å²) in [5.74, 6) is 0. The van der Waals surface area contributed by atoms with Gasteiger partial charge < -0.3 is 10.2 Å². The Labute approximate surface area is 127 Å². The van der Waals surface area contributed by atoms with E-state index in [4.69, 9.17) is 0 Å². The number of likely N-dealkylation sites (N-methyl/N-ethyl adjacent to an activating group) is 1. The van der Waals surface area contributed by atoms with Crippen molar-refractivity contribution in [2.24, 2.45) is 0 Å². The zero-order valence-corrected chi connectivity index (χ0v) is 13.8. The van der Waals surface area contributed by atoms with Crippen LogP contribution in [0.5, 0.6) is 0 Å². The molecular weight excluding hydrogens is 286 g/mol. The maximum absolute atomic E-state index is 12.3. The molecule has 1 unspecified atom stereocenters. The van der Waals surface area contributed by atoms with Crippen molar-refractivity contribution in [2.75, 3.05) is 20.1 Å². The fraction of sp³-hybridized carbons (Fsp3) is 0.600. The second kappa shape index (κ2) is 6.87. The maximum Gasteiger partial charge on any atom is 0.240 e. The van der Waals surface area contributed by atoms with E-state index in [2.05, 4.69) is 28.8 Å². The van der Waals surface area contributed by atoms with E-state index in [0.717, 1.165) is 25.1 Å². The van der Waals surface area contributed by atoms with E-state index in [1.54, 1.807) is 12.1 Å². The van der Waals surface area contributed by atoms with Gasteiger partial charge in [-0.15, -0.1) is 0 Å². The Morgan fingerprint density at radius 3 is 2.76 bits per heavy atom. The molecule has 2 rings (SSSR count). The molecule has 1 aliphatic rings. The Bertz CT molecular complexity index is 587. The minimum Gasteiger partial charge on any atom is -0.309 e. The van der Waals surface area contributed by atoms with Crippen LogP contribution in [0.3, 0.4) is 0 Å². The third-order valence-electron chi connectivity index (χ3n) is 4.22. The number of nitrogens with zero attached hydrogens (tertiary/aromatic N) is 1. The highest BCUT2D eigenvalue weighted by Gasteiger charge is 2.18. The number of hydrogen-bond acceptors (Lipinski definition) is 4. The zero-order valence-electron chi connectivity index (χ0n) is 13.0. The first-order chi connectivity index (χ1) is 9.94. The van der Waals surface area contributed by atoms with E-state index in [9.17, 15) is 8.42 Å². The van der Waals surface area contributed by atoms with Crippen LogP contribution in [0.15, 0.2) is 23.1 Å². The molecule has 0 saturated heterocycles. The van der Waals surface area contributed by atoms with Crippen LogP contribution in [0.1, 0.15) is 31.4 Å². The molecule has 0 aliphatic carbocycles. The molecule has 118 valence electrons. The van der Waals surface area contributed by atoms with Crippen LogP contribution in [0.25, 0.3) is 0 Å². The fourth-order valence-electron chi connectivity index (χ4n) is 2.41. The lowest BCUT2D eigenvalue weighted by molar-refractivity contribution is 0.256. The highest BCUT2D eigenvalue weighted by Crippen LogP contribution is 2.19. The summed E-state index contributed by atoms with van der Waals surface area (Å²) >= 11 is 0. The molecule has 0 aromatic heterocycles. The summed E-state index contributed by atoms with van der Waals surface area (Å²) in [7, 11) is -1.40. The Morgan fingerprint density at radius 1 is 1.33 bits per heavy atom. The Hall–Kier alpha value is -0.950. The van der Waals surface area contributed by atoms with Gasteiger partial charge in [0.1, 0.15) is 0 Å². The van der Waals surface area contributed by atoms with Crippen LogP contribution < -0.4 is 10.0 Å². The van der Waals surface area contributed by atoms with Crippen molar-refractivity contribution in [1.29, 1.82) is 0 Å². The molecule has 0 bridgehead atoms. The molecule has 0 fully saturated rings. The minimum atomic E-state index is -3.41. The Kier molecular flexibility index (Phi) is 5.37. The predicted molar refractivity (Wildman–Crippen MR) is 84.6 cm³/mol. The van der Waals surface area contributed by atoms with Crippen LogP contribution in [-0.2, 0) is 23.1 Å². The third kappa shape index (κ3) is 4.03. The second-order valence-electron chi connectivity index (χ2n) is 5.67. The lowest BCUT2D eigenvalue weighted by atomic mass is 10.1. The van der Waals surface area contributed by atoms with Crippen LogP contribution >= 0.6 is 0 Å². The van der Waals surface area contributed by atoms with E-state index in [-0.39, 0.29) is 0 Å². The lowest BCUT2D eigenvalue weighted by Crippen LogP contribution is -2.37. The molecule has 2 N–H and O–H groups in total. The normalized spacial score (nSPS) is 16.2. The number of nitrogens with one attached hydrogen (secondary N) is 2. The molecule has 1 aliphatic heterocycles. The first-order valence-electron chi connectivity index (χ1n) is 7.46. The number of fused-ring (bicyclic) bond motifs is 1. The third-order valence-corrected chi connectivity index (χ3v) is 5.68. The van der Waals surface area contributed by atoms with Crippen molar-refractivity contribution in [2.45, 2.75) is 44.3 Å². The Morgan fingerprint density at radius 2 is 2.05 bits per heavy atom. The SMILES string of the molecule is CCC(C)N(C)CCNS(=O)(=O)c1ccc2c(c1)CNC2.